The fourth-order valence-corrected chi connectivity index (χ4v) is 2.54. The Morgan fingerprint density at radius 1 is 1.62 bits per heavy atom. The van der Waals surface area contributed by atoms with Crippen molar-refractivity contribution in [2.24, 2.45) is 11.7 Å². The smallest absolute Gasteiger partial charge is 0.123 e. The Bertz CT molecular complexity index is 384. The van der Waals surface area contributed by atoms with Crippen LogP contribution < -0.4 is 5.73 Å². The normalized spacial score (nSPS) is 12.4. The van der Waals surface area contributed by atoms with Crippen molar-refractivity contribution in [3.05, 3.63) is 28.2 Å². The van der Waals surface area contributed by atoms with Gasteiger partial charge in [-0.15, -0.1) is 11.8 Å². The van der Waals surface area contributed by atoms with Crippen LogP contribution in [0.2, 0.25) is 0 Å². The Morgan fingerprint density at radius 3 is 2.88 bits per heavy atom. The van der Waals surface area contributed by atoms with Crippen LogP contribution in [0.4, 0.5) is 0 Å². The van der Waals surface area contributed by atoms with Gasteiger partial charge in [-0.1, -0.05) is 22.9 Å². The summed E-state index contributed by atoms with van der Waals surface area (Å²) in [7, 11) is 0. The number of hydrogen-bond acceptors (Lipinski definition) is 3. The molecule has 0 fully saturated rings. The fraction of sp³-hybridized carbons (Fsp3) is 0.364. The number of aliphatic hydroxyl groups is 1. The molecule has 0 spiro atoms. The molecule has 4 N–H and O–H groups in total. The number of amidine groups is 1. The number of nitrogens with two attached hydrogens (primary N) is 1. The lowest BCUT2D eigenvalue weighted by Crippen LogP contribution is -2.13. The van der Waals surface area contributed by atoms with Gasteiger partial charge >= 0.3 is 0 Å². The van der Waals surface area contributed by atoms with Gasteiger partial charge in [0.25, 0.3) is 0 Å². The molecule has 3 nitrogen and oxygen atoms in total. The van der Waals surface area contributed by atoms with E-state index < -0.39 is 0 Å². The van der Waals surface area contributed by atoms with Gasteiger partial charge in [-0.25, -0.2) is 0 Å². The number of aliphatic hydroxyl groups excluding tert-OH is 1. The van der Waals surface area contributed by atoms with Crippen molar-refractivity contribution < 1.29 is 5.11 Å². The van der Waals surface area contributed by atoms with Crippen LogP contribution in [0.25, 0.3) is 0 Å². The van der Waals surface area contributed by atoms with E-state index in [0.29, 0.717) is 0 Å². The van der Waals surface area contributed by atoms with Crippen LogP contribution in [-0.4, -0.2) is 23.3 Å². The summed E-state index contributed by atoms with van der Waals surface area (Å²) in [5.74, 6) is 1.13. The van der Waals surface area contributed by atoms with Gasteiger partial charge in [-0.05, 0) is 24.1 Å². The van der Waals surface area contributed by atoms with Crippen molar-refractivity contribution in [3.63, 3.8) is 0 Å². The molecule has 0 amide bonds. The molecular weight excluding hydrogens is 288 g/mol. The summed E-state index contributed by atoms with van der Waals surface area (Å²) >= 11 is 4.97. The highest BCUT2D eigenvalue weighted by molar-refractivity contribution is 9.10. The number of benzene rings is 1. The summed E-state index contributed by atoms with van der Waals surface area (Å²) in [6, 6.07) is 5.71. The van der Waals surface area contributed by atoms with Gasteiger partial charge in [0.1, 0.15) is 5.84 Å². The molecule has 0 aliphatic carbocycles. The SMILES string of the molecule is CC(CO)CSc1ccc(Br)cc1C(=N)N. The van der Waals surface area contributed by atoms with Gasteiger partial charge < -0.3 is 10.8 Å². The maximum Gasteiger partial charge on any atom is 0.123 e. The Kier molecular flexibility index (Phi) is 5.31. The van der Waals surface area contributed by atoms with Crippen LogP contribution in [0, 0.1) is 11.3 Å². The lowest BCUT2D eigenvalue weighted by molar-refractivity contribution is 0.250. The van der Waals surface area contributed by atoms with Crippen molar-refractivity contribution in [1.29, 1.82) is 5.41 Å². The first-order valence-corrected chi connectivity index (χ1v) is 6.70. The highest BCUT2D eigenvalue weighted by Crippen LogP contribution is 2.27. The molecule has 0 aliphatic rings. The van der Waals surface area contributed by atoms with Crippen molar-refractivity contribution in [1.82, 2.24) is 0 Å². The van der Waals surface area contributed by atoms with Crippen molar-refractivity contribution in [2.45, 2.75) is 11.8 Å². The summed E-state index contributed by atoms with van der Waals surface area (Å²) in [5.41, 5.74) is 6.26. The standard InChI is InChI=1S/C11H15BrN2OS/c1-7(5-15)6-16-10-3-2-8(12)4-9(10)11(13)14/h2-4,7,15H,5-6H2,1H3,(H3,13,14). The quantitative estimate of drug-likeness (QED) is 0.444. The van der Waals surface area contributed by atoms with Crippen LogP contribution in [-0.2, 0) is 0 Å². The minimum atomic E-state index is 0.0699. The molecule has 0 saturated heterocycles. The third-order valence-electron chi connectivity index (χ3n) is 2.07. The molecule has 5 heteroatoms. The zero-order valence-electron chi connectivity index (χ0n) is 9.03. The van der Waals surface area contributed by atoms with Crippen LogP contribution in [0.1, 0.15) is 12.5 Å². The summed E-state index contributed by atoms with van der Waals surface area (Å²) in [6.07, 6.45) is 0. The highest BCUT2D eigenvalue weighted by Gasteiger charge is 2.08. The molecule has 0 saturated carbocycles. The predicted octanol–water partition coefficient (Wildman–Crippen LogP) is 2.45. The number of rotatable bonds is 5. The van der Waals surface area contributed by atoms with Gasteiger partial charge in [0.05, 0.1) is 0 Å². The molecule has 0 aromatic heterocycles. The van der Waals surface area contributed by atoms with Gasteiger partial charge in [0.2, 0.25) is 0 Å². The minimum Gasteiger partial charge on any atom is -0.396 e. The molecule has 1 atom stereocenters. The second-order valence-electron chi connectivity index (χ2n) is 3.65. The third kappa shape index (κ3) is 3.81. The molecule has 0 aliphatic heterocycles. The fourth-order valence-electron chi connectivity index (χ4n) is 1.12. The second-order valence-corrected chi connectivity index (χ2v) is 5.63. The van der Waals surface area contributed by atoms with Gasteiger partial charge in [0.15, 0.2) is 0 Å². The molecule has 0 heterocycles. The lowest BCUT2D eigenvalue weighted by atomic mass is 10.2. The maximum atomic E-state index is 8.95. The molecule has 1 aromatic carbocycles. The molecule has 1 aromatic rings. The molecule has 16 heavy (non-hydrogen) atoms. The van der Waals surface area contributed by atoms with Gasteiger partial charge in [-0.3, -0.25) is 5.41 Å². The Balaban J connectivity index is 2.82. The first-order chi connectivity index (χ1) is 7.54. The molecule has 1 rings (SSSR count). The molecule has 88 valence electrons. The Morgan fingerprint density at radius 2 is 2.31 bits per heavy atom. The van der Waals surface area contributed by atoms with Gasteiger partial charge in [-0.2, -0.15) is 0 Å². The first-order valence-electron chi connectivity index (χ1n) is 4.92. The van der Waals surface area contributed by atoms with Crippen molar-refractivity contribution >= 4 is 33.5 Å². The average Bonchev–Trinajstić information content (AvgIpc) is 2.26. The summed E-state index contributed by atoms with van der Waals surface area (Å²) in [4.78, 5) is 0.982. The molecular formula is C11H15BrN2OS. The summed E-state index contributed by atoms with van der Waals surface area (Å²) in [5, 5.41) is 16.4. The lowest BCUT2D eigenvalue weighted by Gasteiger charge is -2.11. The van der Waals surface area contributed by atoms with E-state index in [2.05, 4.69) is 15.9 Å². The summed E-state index contributed by atoms with van der Waals surface area (Å²) < 4.78 is 0.914. The van der Waals surface area contributed by atoms with Crippen molar-refractivity contribution in [3.8, 4) is 0 Å². The number of nitrogens with one attached hydrogen (secondary N) is 1. The molecule has 0 bridgehead atoms. The van der Waals surface area contributed by atoms with E-state index in [9.17, 15) is 0 Å². The zero-order valence-corrected chi connectivity index (χ0v) is 11.4. The van der Waals surface area contributed by atoms with E-state index in [1.165, 1.54) is 0 Å². The van der Waals surface area contributed by atoms with E-state index >= 15 is 0 Å². The molecule has 0 radical (unpaired) electrons. The van der Waals surface area contributed by atoms with E-state index in [4.69, 9.17) is 16.2 Å². The van der Waals surface area contributed by atoms with Crippen molar-refractivity contribution in [2.75, 3.05) is 12.4 Å². The average molecular weight is 303 g/mol. The van der Waals surface area contributed by atoms with Crippen LogP contribution in [0.3, 0.4) is 0 Å². The minimum absolute atomic E-state index is 0.0699. The van der Waals surface area contributed by atoms with E-state index in [1.54, 1.807) is 11.8 Å². The largest absolute Gasteiger partial charge is 0.396 e. The number of hydrogen-bond donors (Lipinski definition) is 3. The van der Waals surface area contributed by atoms with Crippen LogP contribution in [0.5, 0.6) is 0 Å². The van der Waals surface area contributed by atoms with E-state index in [0.717, 1.165) is 20.7 Å². The van der Waals surface area contributed by atoms with E-state index in [-0.39, 0.29) is 18.4 Å². The Hall–Kier alpha value is -0.520. The molecule has 1 unspecified atom stereocenters. The predicted molar refractivity (Wildman–Crippen MR) is 72.1 cm³/mol. The highest BCUT2D eigenvalue weighted by atomic mass is 79.9. The Labute approximate surface area is 108 Å². The summed E-state index contributed by atoms with van der Waals surface area (Å²) in [6.45, 7) is 2.16. The topological polar surface area (TPSA) is 70.1 Å². The maximum absolute atomic E-state index is 8.95. The zero-order chi connectivity index (χ0) is 12.1. The van der Waals surface area contributed by atoms with Gasteiger partial charge in [0, 0.05) is 27.3 Å². The number of thioether (sulfide) groups is 1. The number of nitrogen functional groups attached to an aromatic ring is 1. The van der Waals surface area contributed by atoms with E-state index in [1.807, 2.05) is 25.1 Å². The van der Waals surface area contributed by atoms with Crippen LogP contribution in [0.15, 0.2) is 27.6 Å². The number of halogens is 1. The third-order valence-corrected chi connectivity index (χ3v) is 3.96. The first kappa shape index (κ1) is 13.5. The second kappa shape index (κ2) is 6.27. The van der Waals surface area contributed by atoms with Crippen LogP contribution >= 0.6 is 27.7 Å². The monoisotopic (exact) mass is 302 g/mol.